The molecule has 0 radical (unpaired) electrons. The number of nitrogens with zero attached hydrogens (tertiary/aromatic N) is 3. The molecule has 7 nitrogen and oxygen atoms in total. The molecule has 1 aromatic rings. The van der Waals surface area contributed by atoms with E-state index in [0.29, 0.717) is 11.4 Å². The van der Waals surface area contributed by atoms with Gasteiger partial charge in [-0.3, -0.25) is 19.6 Å². The van der Waals surface area contributed by atoms with Gasteiger partial charge in [0.25, 0.3) is 0 Å². The third-order valence-electron chi connectivity index (χ3n) is 6.64. The van der Waals surface area contributed by atoms with Crippen molar-refractivity contribution in [2.45, 2.75) is 70.9 Å². The van der Waals surface area contributed by atoms with Gasteiger partial charge in [-0.25, -0.2) is 0 Å². The summed E-state index contributed by atoms with van der Waals surface area (Å²) in [5.41, 5.74) is 0.754. The lowest BCUT2D eigenvalue weighted by Gasteiger charge is -2.57. The van der Waals surface area contributed by atoms with Gasteiger partial charge in [0.2, 0.25) is 5.91 Å². The smallest absolute Gasteiger partial charge is 0.312 e. The Balaban J connectivity index is 1.54. The van der Waals surface area contributed by atoms with Crippen molar-refractivity contribution in [2.24, 2.45) is 17.8 Å². The lowest BCUT2D eigenvalue weighted by molar-refractivity contribution is -0.386. The number of rotatable bonds is 4. The van der Waals surface area contributed by atoms with E-state index in [0.717, 1.165) is 37.0 Å². The number of hydrogen-bond acceptors (Lipinski definition) is 4. The summed E-state index contributed by atoms with van der Waals surface area (Å²) >= 11 is 0. The lowest BCUT2D eigenvalue weighted by atomic mass is 9.53. The van der Waals surface area contributed by atoms with Gasteiger partial charge in [-0.1, -0.05) is 0 Å². The minimum atomic E-state index is -0.541. The molecule has 4 bridgehead atoms. The second kappa shape index (κ2) is 5.54. The Kier molecular flexibility index (Phi) is 3.67. The van der Waals surface area contributed by atoms with Crippen LogP contribution in [0.3, 0.4) is 0 Å². The van der Waals surface area contributed by atoms with Gasteiger partial charge in [0, 0.05) is 5.54 Å². The molecule has 1 heterocycles. The summed E-state index contributed by atoms with van der Waals surface area (Å²) in [5.74, 6) is 2.22. The topological polar surface area (TPSA) is 90.1 Å². The van der Waals surface area contributed by atoms with E-state index in [4.69, 9.17) is 0 Å². The second-order valence-corrected chi connectivity index (χ2v) is 8.58. The van der Waals surface area contributed by atoms with E-state index in [1.807, 2.05) is 0 Å². The summed E-state index contributed by atoms with van der Waals surface area (Å²) < 4.78 is 1.50. The predicted molar refractivity (Wildman–Crippen MR) is 92.1 cm³/mol. The molecule has 0 saturated heterocycles. The number of carbonyl (C=O) groups is 1. The quantitative estimate of drug-likeness (QED) is 0.670. The fourth-order valence-electron chi connectivity index (χ4n) is 6.04. The van der Waals surface area contributed by atoms with Crippen LogP contribution in [0, 0.1) is 41.7 Å². The zero-order valence-corrected chi connectivity index (χ0v) is 15.1. The molecule has 1 unspecified atom stereocenters. The normalized spacial score (nSPS) is 34.1. The first kappa shape index (κ1) is 16.5. The summed E-state index contributed by atoms with van der Waals surface area (Å²) in [5, 5.41) is 18.8. The van der Waals surface area contributed by atoms with Crippen molar-refractivity contribution in [2.75, 3.05) is 0 Å². The van der Waals surface area contributed by atoms with Crippen molar-refractivity contribution in [3.8, 4) is 0 Å². The fourth-order valence-corrected chi connectivity index (χ4v) is 6.04. The minimum Gasteiger partial charge on any atom is -0.349 e. The summed E-state index contributed by atoms with van der Waals surface area (Å²) in [6.07, 6.45) is 7.26. The van der Waals surface area contributed by atoms with Crippen LogP contribution in [0.5, 0.6) is 0 Å². The molecule has 1 atom stereocenters. The number of aromatic nitrogens is 2. The molecule has 7 heteroatoms. The van der Waals surface area contributed by atoms with Gasteiger partial charge in [0.15, 0.2) is 0 Å². The first-order chi connectivity index (χ1) is 11.8. The van der Waals surface area contributed by atoms with Crippen LogP contribution in [-0.2, 0) is 4.79 Å². The van der Waals surface area contributed by atoms with Gasteiger partial charge >= 0.3 is 5.69 Å². The molecule has 25 heavy (non-hydrogen) atoms. The summed E-state index contributed by atoms with van der Waals surface area (Å²) in [6, 6.07) is -0.541. The molecule has 4 aliphatic carbocycles. The Morgan fingerprint density at radius 1 is 1.24 bits per heavy atom. The first-order valence-electron chi connectivity index (χ1n) is 9.30. The van der Waals surface area contributed by atoms with Crippen LogP contribution in [-0.4, -0.2) is 26.1 Å². The van der Waals surface area contributed by atoms with Crippen LogP contribution < -0.4 is 5.32 Å². The molecule has 1 N–H and O–H groups in total. The van der Waals surface area contributed by atoms with Crippen LogP contribution in [0.4, 0.5) is 5.69 Å². The van der Waals surface area contributed by atoms with Gasteiger partial charge in [-0.2, -0.15) is 5.10 Å². The molecule has 1 aromatic heterocycles. The maximum absolute atomic E-state index is 12.9. The SMILES string of the molecule is Cc1nn(C(C)C(=O)NC23CC4CC(CC(C4)C2)C3)c(C)c1[N+](=O)[O-]. The molecular weight excluding hydrogens is 320 g/mol. The average Bonchev–Trinajstić information content (AvgIpc) is 2.79. The number of aryl methyl sites for hydroxylation is 1. The van der Waals surface area contributed by atoms with E-state index < -0.39 is 11.0 Å². The highest BCUT2D eigenvalue weighted by atomic mass is 16.6. The Morgan fingerprint density at radius 3 is 2.20 bits per heavy atom. The predicted octanol–water partition coefficient (Wildman–Crippen LogP) is 3.05. The Bertz CT molecular complexity index is 704. The molecule has 0 spiro atoms. The Hall–Kier alpha value is -1.92. The van der Waals surface area contributed by atoms with Crippen molar-refractivity contribution in [1.82, 2.24) is 15.1 Å². The van der Waals surface area contributed by atoms with Crippen molar-refractivity contribution in [3.05, 3.63) is 21.5 Å². The van der Waals surface area contributed by atoms with Gasteiger partial charge in [0.05, 0.1) is 4.92 Å². The zero-order valence-electron chi connectivity index (χ0n) is 15.1. The lowest BCUT2D eigenvalue weighted by Crippen LogP contribution is -2.60. The number of amides is 1. The average molecular weight is 346 g/mol. The van der Waals surface area contributed by atoms with E-state index in [-0.39, 0.29) is 17.1 Å². The van der Waals surface area contributed by atoms with Gasteiger partial charge in [-0.05, 0) is 77.0 Å². The van der Waals surface area contributed by atoms with E-state index in [1.54, 1.807) is 20.8 Å². The van der Waals surface area contributed by atoms with Crippen molar-refractivity contribution in [1.29, 1.82) is 0 Å². The molecule has 136 valence electrons. The van der Waals surface area contributed by atoms with E-state index in [9.17, 15) is 14.9 Å². The molecule has 0 aliphatic heterocycles. The molecule has 4 aliphatic rings. The highest BCUT2D eigenvalue weighted by Gasteiger charge is 2.51. The molecular formula is C18H26N4O3. The number of nitro groups is 1. The number of hydrogen-bond donors (Lipinski definition) is 1. The summed E-state index contributed by atoms with van der Waals surface area (Å²) in [7, 11) is 0. The summed E-state index contributed by atoms with van der Waals surface area (Å²) in [4.78, 5) is 23.7. The van der Waals surface area contributed by atoms with Crippen molar-refractivity contribution >= 4 is 11.6 Å². The number of carbonyl (C=O) groups excluding carboxylic acids is 1. The fraction of sp³-hybridized carbons (Fsp3) is 0.778. The highest BCUT2D eigenvalue weighted by molar-refractivity contribution is 5.81. The molecule has 1 amide bonds. The number of nitrogens with one attached hydrogen (secondary N) is 1. The van der Waals surface area contributed by atoms with Crippen LogP contribution in [0.25, 0.3) is 0 Å². The van der Waals surface area contributed by atoms with Crippen LogP contribution in [0.2, 0.25) is 0 Å². The Morgan fingerprint density at radius 2 is 1.76 bits per heavy atom. The van der Waals surface area contributed by atoms with Crippen LogP contribution in [0.1, 0.15) is 62.9 Å². The van der Waals surface area contributed by atoms with E-state index in [1.165, 1.54) is 23.9 Å². The van der Waals surface area contributed by atoms with Crippen LogP contribution >= 0.6 is 0 Å². The van der Waals surface area contributed by atoms with Crippen molar-refractivity contribution in [3.63, 3.8) is 0 Å². The van der Waals surface area contributed by atoms with Gasteiger partial charge < -0.3 is 5.32 Å². The third-order valence-corrected chi connectivity index (χ3v) is 6.64. The minimum absolute atomic E-state index is 0.00875. The maximum atomic E-state index is 12.9. The zero-order chi connectivity index (χ0) is 17.9. The standard InChI is InChI=1S/C18H26N4O3/c1-10-16(22(24)25)11(2)21(20-10)12(3)17(23)19-18-7-13-4-14(8-18)6-15(5-13)9-18/h12-15H,4-9H2,1-3H3,(H,19,23). The highest BCUT2D eigenvalue weighted by Crippen LogP contribution is 2.55. The molecule has 4 fully saturated rings. The van der Waals surface area contributed by atoms with Crippen molar-refractivity contribution < 1.29 is 9.72 Å². The van der Waals surface area contributed by atoms with Gasteiger partial charge in [-0.15, -0.1) is 0 Å². The summed E-state index contributed by atoms with van der Waals surface area (Å²) in [6.45, 7) is 5.05. The molecule has 0 aromatic carbocycles. The van der Waals surface area contributed by atoms with E-state index >= 15 is 0 Å². The molecule has 5 rings (SSSR count). The van der Waals surface area contributed by atoms with Gasteiger partial charge in [0.1, 0.15) is 17.4 Å². The molecule has 4 saturated carbocycles. The van der Waals surface area contributed by atoms with E-state index in [2.05, 4.69) is 10.4 Å². The maximum Gasteiger partial charge on any atom is 0.312 e. The third kappa shape index (κ3) is 2.64. The first-order valence-corrected chi connectivity index (χ1v) is 9.30. The van der Waals surface area contributed by atoms with Crippen LogP contribution in [0.15, 0.2) is 0 Å². The second-order valence-electron chi connectivity index (χ2n) is 8.58. The Labute approximate surface area is 147 Å². The largest absolute Gasteiger partial charge is 0.349 e. The monoisotopic (exact) mass is 346 g/mol.